The molecule has 3 N–H and O–H groups in total. The zero-order valence-electron chi connectivity index (χ0n) is 11.7. The zero-order valence-corrected chi connectivity index (χ0v) is 12.6. The van der Waals surface area contributed by atoms with Gasteiger partial charge in [-0.1, -0.05) is 0 Å². The Morgan fingerprint density at radius 2 is 2.14 bits per heavy atom. The summed E-state index contributed by atoms with van der Waals surface area (Å²) in [5.41, 5.74) is 5.77. The topological polar surface area (TPSA) is 102 Å². The second-order valence-electron chi connectivity index (χ2n) is 4.62. The number of ether oxygens (including phenoxy) is 1. The number of anilines is 3. The van der Waals surface area contributed by atoms with Gasteiger partial charge in [0.2, 0.25) is 17.8 Å². The van der Waals surface area contributed by atoms with E-state index in [1.54, 1.807) is 11.3 Å². The van der Waals surface area contributed by atoms with E-state index >= 15 is 0 Å². The summed E-state index contributed by atoms with van der Waals surface area (Å²) in [4.78, 5) is 20.1. The van der Waals surface area contributed by atoms with Crippen LogP contribution in [0.1, 0.15) is 9.88 Å². The second-order valence-corrected chi connectivity index (χ2v) is 5.94. The van der Waals surface area contributed by atoms with Crippen molar-refractivity contribution in [3.63, 3.8) is 0 Å². The number of hydrogen-bond acceptors (Lipinski definition) is 9. The van der Waals surface area contributed by atoms with Crippen LogP contribution in [-0.2, 0) is 11.3 Å². The van der Waals surface area contributed by atoms with Crippen LogP contribution in [0.4, 0.5) is 17.8 Å². The van der Waals surface area contributed by atoms with E-state index in [-0.39, 0.29) is 5.95 Å². The molecule has 0 aromatic carbocycles. The van der Waals surface area contributed by atoms with Crippen molar-refractivity contribution < 1.29 is 4.74 Å². The van der Waals surface area contributed by atoms with E-state index in [0.717, 1.165) is 23.0 Å². The van der Waals surface area contributed by atoms with E-state index in [1.165, 1.54) is 0 Å². The minimum absolute atomic E-state index is 0.217. The Labute approximate surface area is 126 Å². The lowest BCUT2D eigenvalue weighted by Gasteiger charge is -2.26. The molecule has 0 aliphatic carbocycles. The fourth-order valence-electron chi connectivity index (χ4n) is 2.02. The van der Waals surface area contributed by atoms with Crippen LogP contribution in [0.15, 0.2) is 6.20 Å². The highest BCUT2D eigenvalue weighted by molar-refractivity contribution is 7.11. The molecule has 8 nitrogen and oxygen atoms in total. The second kappa shape index (κ2) is 6.19. The fraction of sp³-hybridized carbons (Fsp3) is 0.500. The van der Waals surface area contributed by atoms with Gasteiger partial charge in [-0.2, -0.15) is 15.0 Å². The number of aryl methyl sites for hydroxylation is 1. The first-order valence-electron chi connectivity index (χ1n) is 6.70. The van der Waals surface area contributed by atoms with Crippen LogP contribution in [-0.4, -0.2) is 46.2 Å². The summed E-state index contributed by atoms with van der Waals surface area (Å²) in [6, 6.07) is 0. The Balaban J connectivity index is 1.71. The van der Waals surface area contributed by atoms with Crippen molar-refractivity contribution in [1.82, 2.24) is 19.9 Å². The largest absolute Gasteiger partial charge is 0.378 e. The van der Waals surface area contributed by atoms with Gasteiger partial charge in [0.05, 0.1) is 24.8 Å². The number of nitrogens with zero attached hydrogens (tertiary/aromatic N) is 5. The van der Waals surface area contributed by atoms with E-state index in [1.807, 2.05) is 18.0 Å². The van der Waals surface area contributed by atoms with Crippen molar-refractivity contribution in [2.24, 2.45) is 0 Å². The molecule has 2 aromatic heterocycles. The lowest BCUT2D eigenvalue weighted by Crippen LogP contribution is -2.37. The summed E-state index contributed by atoms with van der Waals surface area (Å²) >= 11 is 1.64. The average molecular weight is 307 g/mol. The number of nitrogens with one attached hydrogen (secondary N) is 1. The van der Waals surface area contributed by atoms with Crippen LogP contribution >= 0.6 is 11.3 Å². The monoisotopic (exact) mass is 307 g/mol. The number of nitrogen functional groups attached to an aromatic ring is 1. The molecule has 0 saturated carbocycles. The van der Waals surface area contributed by atoms with Crippen LogP contribution in [0, 0.1) is 6.92 Å². The predicted octanol–water partition coefficient (Wildman–Crippen LogP) is 0.667. The third-order valence-corrected chi connectivity index (χ3v) is 3.94. The van der Waals surface area contributed by atoms with Crippen molar-refractivity contribution >= 4 is 29.2 Å². The van der Waals surface area contributed by atoms with E-state index in [2.05, 4.69) is 25.3 Å². The van der Waals surface area contributed by atoms with Crippen molar-refractivity contribution in [1.29, 1.82) is 0 Å². The molecule has 3 rings (SSSR count). The highest BCUT2D eigenvalue weighted by Crippen LogP contribution is 2.16. The van der Waals surface area contributed by atoms with Gasteiger partial charge < -0.3 is 20.7 Å². The van der Waals surface area contributed by atoms with Gasteiger partial charge in [-0.25, -0.2) is 4.98 Å². The quantitative estimate of drug-likeness (QED) is 0.849. The molecule has 0 unspecified atom stereocenters. The van der Waals surface area contributed by atoms with E-state index in [4.69, 9.17) is 10.5 Å². The van der Waals surface area contributed by atoms with E-state index in [9.17, 15) is 0 Å². The summed E-state index contributed by atoms with van der Waals surface area (Å²) in [6.45, 7) is 5.47. The predicted molar refractivity (Wildman–Crippen MR) is 81.4 cm³/mol. The summed E-state index contributed by atoms with van der Waals surface area (Å²) in [6.07, 6.45) is 1.85. The van der Waals surface area contributed by atoms with Gasteiger partial charge in [0.25, 0.3) is 0 Å². The highest BCUT2D eigenvalue weighted by atomic mass is 32.1. The molecule has 0 spiro atoms. The summed E-state index contributed by atoms with van der Waals surface area (Å²) in [7, 11) is 0. The molecular weight excluding hydrogens is 290 g/mol. The summed E-state index contributed by atoms with van der Waals surface area (Å²) < 4.78 is 5.32. The van der Waals surface area contributed by atoms with Gasteiger partial charge in [-0.15, -0.1) is 11.3 Å². The Kier molecular flexibility index (Phi) is 4.11. The molecule has 3 heterocycles. The summed E-state index contributed by atoms with van der Waals surface area (Å²) in [5, 5.41) is 4.20. The van der Waals surface area contributed by atoms with Crippen LogP contribution in [0.2, 0.25) is 0 Å². The van der Waals surface area contributed by atoms with Crippen LogP contribution in [0.25, 0.3) is 0 Å². The number of rotatable bonds is 4. The van der Waals surface area contributed by atoms with Gasteiger partial charge >= 0.3 is 0 Å². The maximum Gasteiger partial charge on any atom is 0.232 e. The molecule has 1 aliphatic rings. The SMILES string of the molecule is Cc1ncc(CNc2nc(N)nc(N3CCOCC3)n2)s1. The molecule has 0 bridgehead atoms. The highest BCUT2D eigenvalue weighted by Gasteiger charge is 2.15. The molecular formula is C12H17N7OS. The van der Waals surface area contributed by atoms with Gasteiger partial charge in [0, 0.05) is 24.2 Å². The third-order valence-electron chi connectivity index (χ3n) is 3.02. The molecule has 2 aromatic rings. The zero-order chi connectivity index (χ0) is 14.7. The van der Waals surface area contributed by atoms with Gasteiger partial charge in [0.15, 0.2) is 0 Å². The van der Waals surface area contributed by atoms with E-state index < -0.39 is 0 Å². The molecule has 9 heteroatoms. The van der Waals surface area contributed by atoms with Gasteiger partial charge in [-0.3, -0.25) is 0 Å². The smallest absolute Gasteiger partial charge is 0.232 e. The Morgan fingerprint density at radius 1 is 1.33 bits per heavy atom. The van der Waals surface area contributed by atoms with Crippen LogP contribution in [0.5, 0.6) is 0 Å². The van der Waals surface area contributed by atoms with Crippen molar-refractivity contribution in [2.75, 3.05) is 42.3 Å². The van der Waals surface area contributed by atoms with Crippen molar-refractivity contribution in [3.05, 3.63) is 16.1 Å². The first-order chi connectivity index (χ1) is 10.2. The Hall–Kier alpha value is -2.00. The fourth-order valence-corrected chi connectivity index (χ4v) is 2.75. The molecule has 112 valence electrons. The van der Waals surface area contributed by atoms with Crippen LogP contribution < -0.4 is 16.0 Å². The minimum Gasteiger partial charge on any atom is -0.378 e. The average Bonchev–Trinajstić information content (AvgIpc) is 2.91. The normalized spacial score (nSPS) is 15.2. The molecule has 0 radical (unpaired) electrons. The molecule has 1 fully saturated rings. The van der Waals surface area contributed by atoms with Crippen LogP contribution in [0.3, 0.4) is 0 Å². The van der Waals surface area contributed by atoms with Crippen molar-refractivity contribution in [3.8, 4) is 0 Å². The molecule has 21 heavy (non-hydrogen) atoms. The number of hydrogen-bond donors (Lipinski definition) is 2. The first kappa shape index (κ1) is 14.0. The standard InChI is InChI=1S/C12H17N7OS/c1-8-14-6-9(21-8)7-15-11-16-10(13)17-12(18-11)19-2-4-20-5-3-19/h6H,2-5,7H2,1H3,(H3,13,15,16,17,18). The lowest BCUT2D eigenvalue weighted by atomic mass is 10.4. The number of aromatic nitrogens is 4. The Morgan fingerprint density at radius 3 is 2.86 bits per heavy atom. The minimum atomic E-state index is 0.217. The molecule has 0 amide bonds. The maximum atomic E-state index is 5.77. The Bertz CT molecular complexity index is 611. The maximum absolute atomic E-state index is 5.77. The number of morpholine rings is 1. The van der Waals surface area contributed by atoms with Gasteiger partial charge in [-0.05, 0) is 6.92 Å². The molecule has 1 saturated heterocycles. The molecule has 1 aliphatic heterocycles. The lowest BCUT2D eigenvalue weighted by molar-refractivity contribution is 0.122. The number of nitrogens with two attached hydrogens (primary N) is 1. The van der Waals surface area contributed by atoms with Crippen molar-refractivity contribution in [2.45, 2.75) is 13.5 Å². The van der Waals surface area contributed by atoms with E-state index in [0.29, 0.717) is 31.7 Å². The first-order valence-corrected chi connectivity index (χ1v) is 7.52. The third kappa shape index (κ3) is 3.56. The molecule has 0 atom stereocenters. The summed E-state index contributed by atoms with van der Waals surface area (Å²) in [5.74, 6) is 1.29. The number of thiazole rings is 1. The van der Waals surface area contributed by atoms with Gasteiger partial charge in [0.1, 0.15) is 0 Å².